The highest BCUT2D eigenvalue weighted by Gasteiger charge is 2.33. The van der Waals surface area contributed by atoms with Crippen LogP contribution in [0.5, 0.6) is 11.5 Å². The Morgan fingerprint density at radius 1 is 0.591 bits per heavy atom. The number of hydrogen-bond acceptors (Lipinski definition) is 5. The number of aromatic nitrogens is 3. The van der Waals surface area contributed by atoms with Crippen molar-refractivity contribution in [3.8, 4) is 39.6 Å². The molecule has 0 N–H and O–H groups in total. The largest absolute Gasteiger partial charge is 0.457 e. The minimum Gasteiger partial charge on any atom is -0.457 e. The third kappa shape index (κ3) is 7.54. The molecule has 0 amide bonds. The Morgan fingerprint density at radius 3 is 2.02 bits per heavy atom. The van der Waals surface area contributed by atoms with E-state index in [2.05, 4.69) is 166 Å². The van der Waals surface area contributed by atoms with E-state index in [-0.39, 0.29) is 11.8 Å². The molecule has 0 unspecified atom stereocenters. The van der Waals surface area contributed by atoms with Gasteiger partial charge in [-0.05, 0) is 155 Å². The molecule has 3 aromatic heterocycles. The lowest BCUT2D eigenvalue weighted by molar-refractivity contribution is 0.483. The first-order chi connectivity index (χ1) is 31.8. The summed E-state index contributed by atoms with van der Waals surface area (Å²) in [4.78, 5) is 14.1. The minimum atomic E-state index is -0.590. The summed E-state index contributed by atoms with van der Waals surface area (Å²) in [6.45, 7) is 17.9. The molecule has 1 aliphatic rings. The number of ether oxygens (including phenoxy) is 1. The van der Waals surface area contributed by atoms with E-state index in [4.69, 9.17) is 9.72 Å². The van der Waals surface area contributed by atoms with Gasteiger partial charge in [0.1, 0.15) is 35.6 Å². The van der Waals surface area contributed by atoms with Crippen molar-refractivity contribution in [3.05, 3.63) is 185 Å². The molecule has 8 heteroatoms. The van der Waals surface area contributed by atoms with E-state index in [1.807, 2.05) is 36.8 Å². The highest BCUT2D eigenvalue weighted by Crippen LogP contribution is 2.51. The van der Waals surface area contributed by atoms with E-state index >= 15 is 4.39 Å². The van der Waals surface area contributed by atoms with E-state index in [0.29, 0.717) is 29.6 Å². The number of hydrogen-bond donors (Lipinski definition) is 0. The van der Waals surface area contributed by atoms with Crippen molar-refractivity contribution in [3.63, 3.8) is 0 Å². The van der Waals surface area contributed by atoms with Crippen molar-refractivity contribution in [2.75, 3.05) is 16.5 Å². The molecule has 0 saturated heterocycles. The van der Waals surface area contributed by atoms with E-state index in [1.165, 1.54) is 11.6 Å². The summed E-state index contributed by atoms with van der Waals surface area (Å²) in [5, 5.41) is 2.27. The molecule has 0 saturated carbocycles. The molecular formula is C58H53F2N5O. The van der Waals surface area contributed by atoms with Gasteiger partial charge < -0.3 is 14.5 Å². The maximum absolute atomic E-state index is 15.5. The Bertz CT molecular complexity index is 3270. The molecular weight excluding hydrogens is 821 g/mol. The second kappa shape index (κ2) is 16.9. The predicted octanol–water partition coefficient (Wildman–Crippen LogP) is 16.2. The zero-order valence-corrected chi connectivity index (χ0v) is 38.7. The monoisotopic (exact) mass is 873 g/mol. The standard InChI is InChI=1S/C58H53F2N5O/c1-34(2)39-16-21-53-55(27-39)64(58-49(35(3)4)25-40(26-50(58)36(5)6)46-19-17-42(59)28-51(46)60)33-63(53)43-23-41(57-37(7)31-61-32-38(57)8)24-45(29-43)66-44-18-20-48-47-13-9-10-14-52(47)65(54(48)30-44)56-15-11-12-22-62-56/h9-32,34-36H,33H2,1-8H3. The van der Waals surface area contributed by atoms with Crippen molar-refractivity contribution < 1.29 is 13.5 Å². The van der Waals surface area contributed by atoms with Crippen LogP contribution in [0.1, 0.15) is 87.1 Å². The van der Waals surface area contributed by atoms with Crippen LogP contribution in [0.4, 0.5) is 31.5 Å². The maximum atomic E-state index is 15.5. The van der Waals surface area contributed by atoms with Crippen LogP contribution in [0, 0.1) is 25.5 Å². The molecule has 9 aromatic rings. The number of halogens is 2. The van der Waals surface area contributed by atoms with Crippen LogP contribution in [0.3, 0.4) is 0 Å². The smallest absolute Gasteiger partial charge is 0.137 e. The number of anilines is 4. The third-order valence-electron chi connectivity index (χ3n) is 13.0. The van der Waals surface area contributed by atoms with Crippen LogP contribution in [0.25, 0.3) is 49.9 Å². The summed E-state index contributed by atoms with van der Waals surface area (Å²) in [7, 11) is 0. The van der Waals surface area contributed by atoms with Gasteiger partial charge in [0, 0.05) is 64.5 Å². The van der Waals surface area contributed by atoms with Gasteiger partial charge in [-0.2, -0.15) is 0 Å². The molecule has 0 atom stereocenters. The lowest BCUT2D eigenvalue weighted by atomic mass is 9.87. The van der Waals surface area contributed by atoms with Crippen LogP contribution in [-0.4, -0.2) is 21.2 Å². The van der Waals surface area contributed by atoms with Crippen molar-refractivity contribution >= 4 is 44.6 Å². The van der Waals surface area contributed by atoms with Gasteiger partial charge >= 0.3 is 0 Å². The van der Waals surface area contributed by atoms with Crippen molar-refractivity contribution in [1.29, 1.82) is 0 Å². The van der Waals surface area contributed by atoms with Gasteiger partial charge in [0.05, 0.1) is 22.4 Å². The molecule has 10 rings (SSSR count). The van der Waals surface area contributed by atoms with Crippen LogP contribution in [0.2, 0.25) is 0 Å². The van der Waals surface area contributed by atoms with Gasteiger partial charge in [-0.1, -0.05) is 71.9 Å². The number of para-hydroxylation sites is 1. The third-order valence-corrected chi connectivity index (χ3v) is 13.0. The van der Waals surface area contributed by atoms with Gasteiger partial charge in [0.15, 0.2) is 0 Å². The summed E-state index contributed by atoms with van der Waals surface area (Å²) in [5.74, 6) is 1.59. The Morgan fingerprint density at radius 2 is 1.32 bits per heavy atom. The summed E-state index contributed by atoms with van der Waals surface area (Å²) in [6.07, 6.45) is 5.66. The zero-order valence-electron chi connectivity index (χ0n) is 38.7. The second-order valence-electron chi connectivity index (χ2n) is 18.5. The van der Waals surface area contributed by atoms with Crippen molar-refractivity contribution in [1.82, 2.24) is 14.5 Å². The molecule has 1 aliphatic heterocycles. The van der Waals surface area contributed by atoms with Gasteiger partial charge in [-0.15, -0.1) is 0 Å². The Kier molecular flexibility index (Phi) is 10.9. The fraction of sp³-hybridized carbons (Fsp3) is 0.207. The SMILES string of the molecule is Cc1cncc(C)c1-c1cc(Oc2ccc3c4ccccc4n(-c4ccccn4)c3c2)cc(N2CN(c3c(C(C)C)cc(-c4ccc(F)cc4F)cc3C(C)C)c3cc(C(C)C)ccc32)c1. The van der Waals surface area contributed by atoms with Crippen LogP contribution >= 0.6 is 0 Å². The van der Waals surface area contributed by atoms with Gasteiger partial charge in [-0.3, -0.25) is 9.55 Å². The molecule has 0 fully saturated rings. The number of rotatable bonds is 10. The Labute approximate surface area is 385 Å². The first kappa shape index (κ1) is 42.6. The van der Waals surface area contributed by atoms with E-state index in [9.17, 15) is 4.39 Å². The minimum absolute atomic E-state index is 0.0985. The lowest BCUT2D eigenvalue weighted by Crippen LogP contribution is -2.26. The molecule has 0 aliphatic carbocycles. The molecule has 0 bridgehead atoms. The molecule has 330 valence electrons. The first-order valence-corrected chi connectivity index (χ1v) is 22.9. The number of nitrogens with zero attached hydrogens (tertiary/aromatic N) is 5. The van der Waals surface area contributed by atoms with Crippen LogP contribution in [-0.2, 0) is 0 Å². The molecule has 0 radical (unpaired) electrons. The van der Waals surface area contributed by atoms with Gasteiger partial charge in [-0.25, -0.2) is 13.8 Å². The fourth-order valence-corrected chi connectivity index (χ4v) is 9.78. The van der Waals surface area contributed by atoms with E-state index in [1.54, 1.807) is 6.07 Å². The lowest BCUT2D eigenvalue weighted by Gasteiger charge is -2.30. The average molecular weight is 874 g/mol. The Hall–Kier alpha value is -7.32. The molecule has 4 heterocycles. The summed E-state index contributed by atoms with van der Waals surface area (Å²) < 4.78 is 38.8. The summed E-state index contributed by atoms with van der Waals surface area (Å²) in [5.41, 5.74) is 15.2. The number of fused-ring (bicyclic) bond motifs is 4. The summed E-state index contributed by atoms with van der Waals surface area (Å²) >= 11 is 0. The van der Waals surface area contributed by atoms with Crippen molar-refractivity contribution in [2.24, 2.45) is 0 Å². The second-order valence-corrected chi connectivity index (χ2v) is 18.5. The number of pyridine rings is 2. The van der Waals surface area contributed by atoms with Crippen LogP contribution < -0.4 is 14.5 Å². The van der Waals surface area contributed by atoms with Crippen LogP contribution in [0.15, 0.2) is 146 Å². The van der Waals surface area contributed by atoms with Crippen molar-refractivity contribution in [2.45, 2.75) is 73.1 Å². The highest BCUT2D eigenvalue weighted by molar-refractivity contribution is 6.09. The van der Waals surface area contributed by atoms with Gasteiger partial charge in [0.2, 0.25) is 0 Å². The zero-order chi connectivity index (χ0) is 46.0. The summed E-state index contributed by atoms with van der Waals surface area (Å²) in [6, 6.07) is 42.1. The topological polar surface area (TPSA) is 46.4 Å². The fourth-order valence-electron chi connectivity index (χ4n) is 9.78. The quantitative estimate of drug-likeness (QED) is 0.137. The predicted molar refractivity (Wildman–Crippen MR) is 267 cm³/mol. The Balaban J connectivity index is 1.14. The van der Waals surface area contributed by atoms with E-state index in [0.717, 1.165) is 95.4 Å². The maximum Gasteiger partial charge on any atom is 0.137 e. The molecule has 6 nitrogen and oxygen atoms in total. The normalized spacial score (nSPS) is 12.7. The van der Waals surface area contributed by atoms with Gasteiger partial charge in [0.25, 0.3) is 0 Å². The molecule has 0 spiro atoms. The highest BCUT2D eigenvalue weighted by atomic mass is 19.1. The molecule has 6 aromatic carbocycles. The first-order valence-electron chi connectivity index (χ1n) is 22.9. The average Bonchev–Trinajstić information content (AvgIpc) is 3.84. The number of benzene rings is 6. The van der Waals surface area contributed by atoms with E-state index < -0.39 is 11.6 Å². The number of aryl methyl sites for hydroxylation is 2. The molecule has 66 heavy (non-hydrogen) atoms.